The number of urea groups is 1. The van der Waals surface area contributed by atoms with Gasteiger partial charge >= 0.3 is 6.03 Å². The zero-order valence-electron chi connectivity index (χ0n) is 6.44. The molecule has 0 fully saturated rings. The van der Waals surface area contributed by atoms with E-state index in [2.05, 4.69) is 17.6 Å². The molecule has 0 aliphatic carbocycles. The zero-order valence-corrected chi connectivity index (χ0v) is 6.44. The molecule has 0 saturated heterocycles. The van der Waals surface area contributed by atoms with Gasteiger partial charge in [0.15, 0.2) is 0 Å². The van der Waals surface area contributed by atoms with Crippen molar-refractivity contribution in [2.75, 3.05) is 13.1 Å². The van der Waals surface area contributed by atoms with Crippen LogP contribution in [0.1, 0.15) is 19.8 Å². The van der Waals surface area contributed by atoms with Crippen LogP contribution in [0, 0.1) is 6.92 Å². The molecule has 0 atom stereocenters. The van der Waals surface area contributed by atoms with Crippen LogP contribution in [-0.4, -0.2) is 19.1 Å². The van der Waals surface area contributed by atoms with Crippen LogP contribution in [0.3, 0.4) is 0 Å². The maximum Gasteiger partial charge on any atom is 0.314 e. The Balaban J connectivity index is 3.09. The van der Waals surface area contributed by atoms with Crippen LogP contribution >= 0.6 is 0 Å². The Kier molecular flexibility index (Phi) is 5.92. The van der Waals surface area contributed by atoms with Crippen LogP contribution in [0.5, 0.6) is 0 Å². The zero-order chi connectivity index (χ0) is 7.82. The number of carbonyl (C=O) groups excluding carboxylic acids is 1. The summed E-state index contributed by atoms with van der Waals surface area (Å²) in [6.07, 6.45) is 1.71. The molecule has 3 heteroatoms. The maximum atomic E-state index is 10.7. The number of hydrogen-bond acceptors (Lipinski definition) is 1. The summed E-state index contributed by atoms with van der Waals surface area (Å²) in [6.45, 7) is 7.00. The first-order chi connectivity index (χ1) is 4.81. The average Bonchev–Trinajstić information content (AvgIpc) is 1.97. The SMILES string of the molecule is [CH2]CCNC(=O)NCCC. The predicted octanol–water partition coefficient (Wildman–Crippen LogP) is 0.920. The second-order valence-electron chi connectivity index (χ2n) is 2.04. The second kappa shape index (κ2) is 6.39. The molecule has 3 nitrogen and oxygen atoms in total. The lowest BCUT2D eigenvalue weighted by Gasteiger charge is -2.03. The minimum absolute atomic E-state index is 0.0921. The van der Waals surface area contributed by atoms with Gasteiger partial charge < -0.3 is 10.6 Å². The standard InChI is InChI=1S/C7H15N2O/c1-3-5-8-7(10)9-6-4-2/h1,3-6H2,2H3,(H2,8,9,10). The molecule has 0 aromatic heterocycles. The summed E-state index contributed by atoms with van der Waals surface area (Å²) in [7, 11) is 0. The first kappa shape index (κ1) is 9.27. The summed E-state index contributed by atoms with van der Waals surface area (Å²) in [5, 5.41) is 5.34. The van der Waals surface area contributed by atoms with Gasteiger partial charge in [-0.2, -0.15) is 0 Å². The van der Waals surface area contributed by atoms with Gasteiger partial charge in [-0.15, -0.1) is 0 Å². The van der Waals surface area contributed by atoms with E-state index in [0.29, 0.717) is 6.54 Å². The summed E-state index contributed by atoms with van der Waals surface area (Å²) in [5.74, 6) is 0. The van der Waals surface area contributed by atoms with Gasteiger partial charge in [-0.3, -0.25) is 0 Å². The van der Waals surface area contributed by atoms with Crippen molar-refractivity contribution in [1.29, 1.82) is 0 Å². The van der Waals surface area contributed by atoms with Crippen LogP contribution in [-0.2, 0) is 0 Å². The molecule has 0 heterocycles. The van der Waals surface area contributed by atoms with Gasteiger partial charge in [0.1, 0.15) is 0 Å². The molecule has 0 rings (SSSR count). The highest BCUT2D eigenvalue weighted by molar-refractivity contribution is 5.73. The van der Waals surface area contributed by atoms with Crippen LogP contribution in [0.2, 0.25) is 0 Å². The lowest BCUT2D eigenvalue weighted by atomic mass is 10.5. The quantitative estimate of drug-likeness (QED) is 0.603. The number of carbonyl (C=O) groups is 1. The van der Waals surface area contributed by atoms with E-state index in [4.69, 9.17) is 0 Å². The Morgan fingerprint density at radius 3 is 2.50 bits per heavy atom. The molecular weight excluding hydrogens is 128 g/mol. The Bertz CT molecular complexity index is 83.6. The van der Waals surface area contributed by atoms with Crippen molar-refractivity contribution < 1.29 is 4.79 Å². The lowest BCUT2D eigenvalue weighted by Crippen LogP contribution is -2.36. The van der Waals surface area contributed by atoms with Gasteiger partial charge in [0, 0.05) is 13.1 Å². The van der Waals surface area contributed by atoms with E-state index in [1.165, 1.54) is 0 Å². The minimum Gasteiger partial charge on any atom is -0.338 e. The average molecular weight is 143 g/mol. The Morgan fingerprint density at radius 2 is 2.00 bits per heavy atom. The molecular formula is C7H15N2O. The van der Waals surface area contributed by atoms with E-state index in [-0.39, 0.29) is 6.03 Å². The topological polar surface area (TPSA) is 41.1 Å². The second-order valence-corrected chi connectivity index (χ2v) is 2.04. The summed E-state index contributed by atoms with van der Waals surface area (Å²) >= 11 is 0. The fraction of sp³-hybridized carbons (Fsp3) is 0.714. The van der Waals surface area contributed by atoms with Crippen molar-refractivity contribution in [3.8, 4) is 0 Å². The third kappa shape index (κ3) is 5.41. The first-order valence-corrected chi connectivity index (χ1v) is 3.62. The molecule has 2 amide bonds. The van der Waals surface area contributed by atoms with Crippen LogP contribution < -0.4 is 10.6 Å². The molecule has 59 valence electrons. The smallest absolute Gasteiger partial charge is 0.314 e. The summed E-state index contributed by atoms with van der Waals surface area (Å²) in [6, 6.07) is -0.0921. The Labute approximate surface area is 62.2 Å². The molecule has 0 aromatic carbocycles. The first-order valence-electron chi connectivity index (χ1n) is 3.62. The van der Waals surface area contributed by atoms with Crippen molar-refractivity contribution in [3.63, 3.8) is 0 Å². The maximum absolute atomic E-state index is 10.7. The van der Waals surface area contributed by atoms with Crippen molar-refractivity contribution in [2.45, 2.75) is 19.8 Å². The summed E-state index contributed by atoms with van der Waals surface area (Å²) < 4.78 is 0. The van der Waals surface area contributed by atoms with Crippen molar-refractivity contribution >= 4 is 6.03 Å². The van der Waals surface area contributed by atoms with E-state index in [1.54, 1.807) is 0 Å². The molecule has 0 aliphatic rings. The van der Waals surface area contributed by atoms with Crippen molar-refractivity contribution in [2.24, 2.45) is 0 Å². The lowest BCUT2D eigenvalue weighted by molar-refractivity contribution is 0.241. The van der Waals surface area contributed by atoms with Gasteiger partial charge in [0.05, 0.1) is 0 Å². The van der Waals surface area contributed by atoms with Gasteiger partial charge in [-0.25, -0.2) is 4.79 Å². The van der Waals surface area contributed by atoms with Crippen LogP contribution in [0.15, 0.2) is 0 Å². The molecule has 0 saturated carbocycles. The van der Waals surface area contributed by atoms with Crippen molar-refractivity contribution in [1.82, 2.24) is 10.6 Å². The molecule has 0 unspecified atom stereocenters. The van der Waals surface area contributed by atoms with E-state index < -0.39 is 0 Å². The van der Waals surface area contributed by atoms with E-state index in [1.807, 2.05) is 6.92 Å². The monoisotopic (exact) mass is 143 g/mol. The van der Waals surface area contributed by atoms with Crippen LogP contribution in [0.25, 0.3) is 0 Å². The molecule has 1 radical (unpaired) electrons. The van der Waals surface area contributed by atoms with Crippen molar-refractivity contribution in [3.05, 3.63) is 6.92 Å². The Morgan fingerprint density at radius 1 is 1.40 bits per heavy atom. The fourth-order valence-corrected chi connectivity index (χ4v) is 0.503. The Hall–Kier alpha value is -0.730. The van der Waals surface area contributed by atoms with Gasteiger partial charge in [-0.05, 0) is 12.8 Å². The summed E-state index contributed by atoms with van der Waals surface area (Å²) in [5.41, 5.74) is 0. The van der Waals surface area contributed by atoms with Gasteiger partial charge in [0.2, 0.25) is 0 Å². The highest BCUT2D eigenvalue weighted by Gasteiger charge is 1.93. The molecule has 2 N–H and O–H groups in total. The minimum atomic E-state index is -0.0921. The number of amides is 2. The third-order valence-corrected chi connectivity index (χ3v) is 0.998. The number of nitrogens with one attached hydrogen (secondary N) is 2. The summed E-state index contributed by atoms with van der Waals surface area (Å²) in [4.78, 5) is 10.7. The van der Waals surface area contributed by atoms with Gasteiger partial charge in [-0.1, -0.05) is 13.8 Å². The fourth-order valence-electron chi connectivity index (χ4n) is 0.503. The normalized spacial score (nSPS) is 9.00. The third-order valence-electron chi connectivity index (χ3n) is 0.998. The van der Waals surface area contributed by atoms with E-state index in [0.717, 1.165) is 19.4 Å². The molecule has 0 aliphatic heterocycles. The van der Waals surface area contributed by atoms with E-state index >= 15 is 0 Å². The number of hydrogen-bond donors (Lipinski definition) is 2. The predicted molar refractivity (Wildman–Crippen MR) is 41.7 cm³/mol. The molecule has 10 heavy (non-hydrogen) atoms. The van der Waals surface area contributed by atoms with Gasteiger partial charge in [0.25, 0.3) is 0 Å². The van der Waals surface area contributed by atoms with Crippen LogP contribution in [0.4, 0.5) is 4.79 Å². The number of rotatable bonds is 4. The molecule has 0 bridgehead atoms. The molecule has 0 aromatic rings. The highest BCUT2D eigenvalue weighted by atomic mass is 16.2. The van der Waals surface area contributed by atoms with E-state index in [9.17, 15) is 4.79 Å². The molecule has 0 spiro atoms. The highest BCUT2D eigenvalue weighted by Crippen LogP contribution is 1.72. The largest absolute Gasteiger partial charge is 0.338 e.